The third kappa shape index (κ3) is 10.5. The number of Topliss-reactive ketones (excluding diaryl/α,β-unsaturated/α-hetero) is 2. The zero-order valence-corrected chi connectivity index (χ0v) is 20.9. The van der Waals surface area contributed by atoms with Gasteiger partial charge in [0.15, 0.2) is 11.6 Å². The van der Waals surface area contributed by atoms with E-state index in [2.05, 4.69) is 4.90 Å². The topological polar surface area (TPSA) is 112 Å². The van der Waals surface area contributed by atoms with Crippen LogP contribution in [0.15, 0.2) is 52.8 Å². The Labute approximate surface area is 211 Å². The minimum atomic E-state index is -1.26. The molecule has 1 saturated heterocycles. The van der Waals surface area contributed by atoms with Crippen molar-refractivity contribution in [3.63, 3.8) is 0 Å². The largest absolute Gasteiger partial charge is 0.478 e. The summed E-state index contributed by atoms with van der Waals surface area (Å²) < 4.78 is 14.2. The van der Waals surface area contributed by atoms with Gasteiger partial charge in [-0.3, -0.25) is 9.59 Å². The van der Waals surface area contributed by atoms with Crippen LogP contribution in [-0.2, 0) is 9.59 Å². The van der Waals surface area contributed by atoms with Gasteiger partial charge >= 0.3 is 11.9 Å². The van der Waals surface area contributed by atoms with Gasteiger partial charge in [0.05, 0.1) is 9.09 Å². The lowest BCUT2D eigenvalue weighted by Crippen LogP contribution is -2.37. The second kappa shape index (κ2) is 14.6. The first-order valence-electron chi connectivity index (χ1n) is 11.1. The number of thiophene rings is 1. The molecule has 1 fully saturated rings. The van der Waals surface area contributed by atoms with Crippen molar-refractivity contribution in [1.29, 1.82) is 0 Å². The summed E-state index contributed by atoms with van der Waals surface area (Å²) in [7, 11) is 0. The van der Waals surface area contributed by atoms with Crippen molar-refractivity contribution in [2.45, 2.75) is 30.4 Å². The van der Waals surface area contributed by atoms with Gasteiger partial charge in [-0.2, -0.15) is 0 Å². The average molecular weight is 522 g/mol. The maximum absolute atomic E-state index is 13.0. The predicted octanol–water partition coefficient (Wildman–Crippen LogP) is 4.88. The van der Waals surface area contributed by atoms with Gasteiger partial charge in [0, 0.05) is 29.4 Å². The van der Waals surface area contributed by atoms with Crippen molar-refractivity contribution in [1.82, 2.24) is 4.90 Å². The average Bonchev–Trinajstić information content (AvgIpc) is 3.31. The first-order valence-corrected chi connectivity index (χ1v) is 12.9. The van der Waals surface area contributed by atoms with Crippen LogP contribution in [0.2, 0.25) is 0 Å². The third-order valence-electron chi connectivity index (χ3n) is 5.25. The molecule has 0 atom stereocenters. The standard InChI is InChI=1S/C21H24FNO2S2.C4H4O4/c1-15(24)19-7-8-20(27-19)26-14-2-11-23-12-9-17(10-13-23)21(25)16-3-5-18(22)6-4-16;5-3(6)1-2-4(7)8/h3-8,17H,2,9-14H2,1H3;1-2H,(H,5,6)(H,7,8)/b;2-1-. The molecule has 0 radical (unpaired) electrons. The zero-order valence-electron chi connectivity index (χ0n) is 19.3. The van der Waals surface area contributed by atoms with Crippen LogP contribution in [0.4, 0.5) is 4.39 Å². The highest BCUT2D eigenvalue weighted by atomic mass is 32.2. The van der Waals surface area contributed by atoms with Gasteiger partial charge in [0.25, 0.3) is 0 Å². The lowest BCUT2D eigenvalue weighted by Gasteiger charge is -2.31. The molecule has 35 heavy (non-hydrogen) atoms. The van der Waals surface area contributed by atoms with Crippen molar-refractivity contribution < 1.29 is 33.8 Å². The Morgan fingerprint density at radius 3 is 2.14 bits per heavy atom. The number of carboxylic acid groups (broad SMARTS) is 2. The van der Waals surface area contributed by atoms with E-state index in [-0.39, 0.29) is 23.3 Å². The van der Waals surface area contributed by atoms with Gasteiger partial charge < -0.3 is 15.1 Å². The van der Waals surface area contributed by atoms with Crippen LogP contribution >= 0.6 is 23.1 Å². The molecule has 2 aromatic rings. The monoisotopic (exact) mass is 521 g/mol. The van der Waals surface area contributed by atoms with Gasteiger partial charge in [-0.1, -0.05) is 0 Å². The van der Waals surface area contributed by atoms with Crippen LogP contribution in [0.25, 0.3) is 0 Å². The highest BCUT2D eigenvalue weighted by Gasteiger charge is 2.25. The van der Waals surface area contributed by atoms with E-state index < -0.39 is 11.9 Å². The molecule has 0 aliphatic carbocycles. The van der Waals surface area contributed by atoms with E-state index in [0.717, 1.165) is 49.5 Å². The molecule has 10 heteroatoms. The number of piperidine rings is 1. The van der Waals surface area contributed by atoms with Crippen LogP contribution in [0.3, 0.4) is 0 Å². The van der Waals surface area contributed by atoms with E-state index in [0.29, 0.717) is 17.7 Å². The fraction of sp³-hybridized carbons (Fsp3) is 0.360. The van der Waals surface area contributed by atoms with E-state index in [1.807, 2.05) is 12.1 Å². The molecule has 2 heterocycles. The maximum Gasteiger partial charge on any atom is 0.328 e. The number of thioether (sulfide) groups is 1. The molecule has 0 spiro atoms. The Morgan fingerprint density at radius 2 is 1.63 bits per heavy atom. The summed E-state index contributed by atoms with van der Waals surface area (Å²) in [6.45, 7) is 4.52. The second-order valence-corrected chi connectivity index (χ2v) is 10.4. The Kier molecular flexibility index (Phi) is 11.8. The first-order chi connectivity index (χ1) is 16.7. The highest BCUT2D eigenvalue weighted by Crippen LogP contribution is 2.28. The van der Waals surface area contributed by atoms with Crippen molar-refractivity contribution in [2.75, 3.05) is 25.4 Å². The van der Waals surface area contributed by atoms with Crippen molar-refractivity contribution in [3.8, 4) is 0 Å². The molecule has 1 aliphatic rings. The summed E-state index contributed by atoms with van der Waals surface area (Å²) in [4.78, 5) is 46.2. The normalized spacial score (nSPS) is 14.3. The second-order valence-electron chi connectivity index (χ2n) is 7.87. The van der Waals surface area contributed by atoms with Crippen LogP contribution in [0.1, 0.15) is 46.2 Å². The number of aliphatic carboxylic acids is 2. The van der Waals surface area contributed by atoms with Crippen LogP contribution in [0, 0.1) is 11.7 Å². The van der Waals surface area contributed by atoms with E-state index >= 15 is 0 Å². The number of carbonyl (C=O) groups excluding carboxylic acids is 2. The van der Waals surface area contributed by atoms with Crippen molar-refractivity contribution >= 4 is 46.6 Å². The molecule has 188 valence electrons. The molecule has 0 saturated carbocycles. The molecular formula is C25H28FNO6S2. The van der Waals surface area contributed by atoms with Crippen molar-refractivity contribution in [3.05, 3.63) is 64.8 Å². The minimum Gasteiger partial charge on any atom is -0.478 e. The number of carboxylic acids is 2. The summed E-state index contributed by atoms with van der Waals surface area (Å²) in [5, 5.41) is 15.6. The molecule has 7 nitrogen and oxygen atoms in total. The number of rotatable bonds is 10. The fourth-order valence-electron chi connectivity index (χ4n) is 3.46. The minimum absolute atomic E-state index is 0.0530. The number of nitrogens with zero attached hydrogens (tertiary/aromatic N) is 1. The van der Waals surface area contributed by atoms with E-state index in [9.17, 15) is 23.6 Å². The zero-order chi connectivity index (χ0) is 25.8. The Morgan fingerprint density at radius 1 is 1.03 bits per heavy atom. The Bertz CT molecular complexity index is 1030. The van der Waals surface area contributed by atoms with Gasteiger partial charge in [-0.15, -0.1) is 23.1 Å². The summed E-state index contributed by atoms with van der Waals surface area (Å²) in [6, 6.07) is 9.81. The number of hydrogen-bond donors (Lipinski definition) is 2. The Hall–Kier alpha value is -2.82. The molecule has 2 N–H and O–H groups in total. The highest BCUT2D eigenvalue weighted by molar-refractivity contribution is 8.01. The lowest BCUT2D eigenvalue weighted by atomic mass is 9.89. The molecule has 1 aromatic heterocycles. The van der Waals surface area contributed by atoms with Crippen LogP contribution in [0.5, 0.6) is 0 Å². The Balaban J connectivity index is 0.000000466. The number of likely N-dealkylation sites (tertiary alicyclic amines) is 1. The van der Waals surface area contributed by atoms with Crippen LogP contribution < -0.4 is 0 Å². The number of ketones is 2. The fourth-order valence-corrected chi connectivity index (χ4v) is 5.49. The molecule has 0 unspecified atom stereocenters. The predicted molar refractivity (Wildman–Crippen MR) is 134 cm³/mol. The smallest absolute Gasteiger partial charge is 0.328 e. The molecular weight excluding hydrogens is 493 g/mol. The number of benzene rings is 1. The van der Waals surface area contributed by atoms with Gasteiger partial charge in [0.1, 0.15) is 5.82 Å². The number of hydrogen-bond acceptors (Lipinski definition) is 7. The summed E-state index contributed by atoms with van der Waals surface area (Å²) in [6.07, 6.45) is 3.95. The molecule has 0 amide bonds. The number of carbonyl (C=O) groups is 4. The van der Waals surface area contributed by atoms with E-state index in [1.165, 1.54) is 16.3 Å². The third-order valence-corrected chi connectivity index (χ3v) is 7.74. The van der Waals surface area contributed by atoms with E-state index in [1.54, 1.807) is 42.2 Å². The van der Waals surface area contributed by atoms with Gasteiger partial charge in [-0.25, -0.2) is 14.0 Å². The quantitative estimate of drug-likeness (QED) is 0.197. The van der Waals surface area contributed by atoms with Crippen molar-refractivity contribution in [2.24, 2.45) is 5.92 Å². The number of halogens is 1. The maximum atomic E-state index is 13.0. The molecule has 1 aliphatic heterocycles. The van der Waals surface area contributed by atoms with Gasteiger partial charge in [-0.05, 0) is 82.2 Å². The SMILES string of the molecule is CC(=O)c1ccc(SCCCN2CCC(C(=O)c3ccc(F)cc3)CC2)s1.O=C(O)/C=C\C(=O)O. The molecule has 0 bridgehead atoms. The lowest BCUT2D eigenvalue weighted by molar-refractivity contribution is -0.134. The van der Waals surface area contributed by atoms with Crippen LogP contribution in [-0.4, -0.2) is 64.0 Å². The summed E-state index contributed by atoms with van der Waals surface area (Å²) in [5.74, 6) is -1.46. The molecule has 1 aromatic carbocycles. The summed E-state index contributed by atoms with van der Waals surface area (Å²) >= 11 is 3.37. The first kappa shape index (κ1) is 28.4. The van der Waals surface area contributed by atoms with Gasteiger partial charge in [0.2, 0.25) is 0 Å². The molecule has 3 rings (SSSR count). The summed E-state index contributed by atoms with van der Waals surface area (Å²) in [5.41, 5.74) is 0.618. The van der Waals surface area contributed by atoms with E-state index in [4.69, 9.17) is 10.2 Å².